The number of aromatic nitrogens is 2. The van der Waals surface area contributed by atoms with Crippen LogP contribution < -0.4 is 0 Å². The Bertz CT molecular complexity index is 481. The minimum absolute atomic E-state index is 0.298. The van der Waals surface area contributed by atoms with Crippen LogP contribution >= 0.6 is 15.9 Å². The molecule has 3 nitrogen and oxygen atoms in total. The molecule has 0 aliphatic rings. The zero-order valence-corrected chi connectivity index (χ0v) is 8.32. The second-order valence-corrected chi connectivity index (χ2v) is 3.60. The van der Waals surface area contributed by atoms with Crippen LogP contribution in [0.15, 0.2) is 28.9 Å². The average Bonchev–Trinajstić information content (AvgIpc) is 2.46. The molecule has 0 bridgehead atoms. The van der Waals surface area contributed by atoms with Gasteiger partial charge in [-0.2, -0.15) is 10.4 Å². The molecule has 0 unspecified atom stereocenters. The molecule has 0 saturated carbocycles. The van der Waals surface area contributed by atoms with Gasteiger partial charge in [0, 0.05) is 16.1 Å². The van der Waals surface area contributed by atoms with Crippen LogP contribution in [0.2, 0.25) is 0 Å². The van der Waals surface area contributed by atoms with Crippen LogP contribution in [0.25, 0.3) is 10.9 Å². The molecule has 0 radical (unpaired) electrons. The number of nitrogens with zero attached hydrogens (tertiary/aromatic N) is 3. The van der Waals surface area contributed by atoms with Crippen molar-refractivity contribution in [1.82, 2.24) is 9.78 Å². The predicted octanol–water partition coefficient (Wildman–Crippen LogP) is 2.32. The highest BCUT2D eigenvalue weighted by atomic mass is 79.9. The maximum Gasteiger partial charge on any atom is 0.128 e. The van der Waals surface area contributed by atoms with Crippen molar-refractivity contribution in [3.05, 3.63) is 28.9 Å². The van der Waals surface area contributed by atoms with Gasteiger partial charge < -0.3 is 0 Å². The summed E-state index contributed by atoms with van der Waals surface area (Å²) in [6.07, 6.45) is 1.86. The highest BCUT2D eigenvalue weighted by Crippen LogP contribution is 2.18. The van der Waals surface area contributed by atoms with E-state index in [1.807, 2.05) is 30.5 Å². The fraction of sp³-hybridized carbons (Fsp3) is 0.111. The van der Waals surface area contributed by atoms with Gasteiger partial charge >= 0.3 is 0 Å². The third kappa shape index (κ3) is 1.56. The van der Waals surface area contributed by atoms with Crippen molar-refractivity contribution in [3.63, 3.8) is 0 Å². The first kappa shape index (κ1) is 8.27. The maximum absolute atomic E-state index is 8.48. The number of hydrogen-bond donors (Lipinski definition) is 0. The van der Waals surface area contributed by atoms with Gasteiger partial charge in [0.25, 0.3) is 0 Å². The molecule has 1 aromatic heterocycles. The Labute approximate surface area is 83.7 Å². The van der Waals surface area contributed by atoms with E-state index in [1.165, 1.54) is 0 Å². The first-order valence-electron chi connectivity index (χ1n) is 3.79. The summed E-state index contributed by atoms with van der Waals surface area (Å²) in [5.74, 6) is 0. The summed E-state index contributed by atoms with van der Waals surface area (Å²) in [5, 5.41) is 13.7. The quantitative estimate of drug-likeness (QED) is 0.762. The van der Waals surface area contributed by atoms with Gasteiger partial charge in [-0.05, 0) is 18.2 Å². The first-order valence-corrected chi connectivity index (χ1v) is 4.58. The van der Waals surface area contributed by atoms with Gasteiger partial charge in [-0.25, -0.2) is 0 Å². The lowest BCUT2D eigenvalue weighted by atomic mass is 10.3. The predicted molar refractivity (Wildman–Crippen MR) is 53.0 cm³/mol. The van der Waals surface area contributed by atoms with E-state index in [0.29, 0.717) is 6.54 Å². The second-order valence-electron chi connectivity index (χ2n) is 2.69. The molecule has 0 fully saturated rings. The monoisotopic (exact) mass is 235 g/mol. The van der Waals surface area contributed by atoms with Gasteiger partial charge in [-0.1, -0.05) is 15.9 Å². The van der Waals surface area contributed by atoms with E-state index in [0.717, 1.165) is 15.4 Å². The van der Waals surface area contributed by atoms with Gasteiger partial charge in [-0.3, -0.25) is 4.68 Å². The number of rotatable bonds is 1. The molecular weight excluding hydrogens is 230 g/mol. The normalized spacial score (nSPS) is 10.2. The van der Waals surface area contributed by atoms with Gasteiger partial charge in [0.05, 0.1) is 11.6 Å². The molecule has 0 aliphatic heterocycles. The van der Waals surface area contributed by atoms with Crippen LogP contribution in [0.3, 0.4) is 0 Å². The first-order chi connectivity index (χ1) is 6.29. The molecule has 13 heavy (non-hydrogen) atoms. The molecule has 64 valence electrons. The molecule has 0 aliphatic carbocycles. The standard InChI is InChI=1S/C9H6BrN3/c10-8-1-2-9-7(5-8)6-13(12-9)4-3-11/h1-2,5-6H,4H2. The van der Waals surface area contributed by atoms with Gasteiger partial charge in [0.2, 0.25) is 0 Å². The van der Waals surface area contributed by atoms with E-state index in [1.54, 1.807) is 4.68 Å². The largest absolute Gasteiger partial charge is 0.257 e. The van der Waals surface area contributed by atoms with Crippen LogP contribution in [0.4, 0.5) is 0 Å². The lowest BCUT2D eigenvalue weighted by Gasteiger charge is -1.87. The van der Waals surface area contributed by atoms with Crippen LogP contribution in [0.5, 0.6) is 0 Å². The molecule has 0 spiro atoms. The van der Waals surface area contributed by atoms with E-state index >= 15 is 0 Å². The Kier molecular flexibility index (Phi) is 2.03. The van der Waals surface area contributed by atoms with Crippen LogP contribution in [-0.4, -0.2) is 9.78 Å². The summed E-state index contributed by atoms with van der Waals surface area (Å²) in [6, 6.07) is 7.89. The number of hydrogen-bond acceptors (Lipinski definition) is 2. The Balaban J connectivity index is 2.57. The van der Waals surface area contributed by atoms with Crippen LogP contribution in [-0.2, 0) is 6.54 Å². The Morgan fingerprint density at radius 3 is 3.15 bits per heavy atom. The molecule has 2 rings (SSSR count). The molecule has 0 atom stereocenters. The number of nitriles is 1. The van der Waals surface area contributed by atoms with Crippen molar-refractivity contribution >= 4 is 26.8 Å². The SMILES string of the molecule is N#CCn1cc2cc(Br)ccc2n1. The number of halogens is 1. The molecule has 2 aromatic rings. The Morgan fingerprint density at radius 1 is 1.54 bits per heavy atom. The molecule has 1 heterocycles. The topological polar surface area (TPSA) is 41.6 Å². The van der Waals surface area contributed by atoms with Crippen molar-refractivity contribution in [2.24, 2.45) is 0 Å². The van der Waals surface area contributed by atoms with Gasteiger partial charge in [-0.15, -0.1) is 0 Å². The van der Waals surface area contributed by atoms with Crippen molar-refractivity contribution in [2.45, 2.75) is 6.54 Å². The van der Waals surface area contributed by atoms with E-state index in [-0.39, 0.29) is 0 Å². The molecule has 1 aromatic carbocycles. The summed E-state index contributed by atoms with van der Waals surface area (Å²) in [7, 11) is 0. The van der Waals surface area contributed by atoms with Crippen molar-refractivity contribution in [3.8, 4) is 6.07 Å². The maximum atomic E-state index is 8.48. The van der Waals surface area contributed by atoms with Gasteiger partial charge in [0.1, 0.15) is 6.54 Å². The molecule has 0 N–H and O–H groups in total. The molecule has 4 heteroatoms. The van der Waals surface area contributed by atoms with Crippen molar-refractivity contribution in [2.75, 3.05) is 0 Å². The summed E-state index contributed by atoms with van der Waals surface area (Å²) in [6.45, 7) is 0.298. The fourth-order valence-corrected chi connectivity index (χ4v) is 1.58. The third-order valence-electron chi connectivity index (χ3n) is 1.75. The summed E-state index contributed by atoms with van der Waals surface area (Å²) in [4.78, 5) is 0. The fourth-order valence-electron chi connectivity index (χ4n) is 1.20. The lowest BCUT2D eigenvalue weighted by Crippen LogP contribution is -1.94. The zero-order valence-electron chi connectivity index (χ0n) is 6.74. The van der Waals surface area contributed by atoms with E-state index in [9.17, 15) is 0 Å². The third-order valence-corrected chi connectivity index (χ3v) is 2.24. The highest BCUT2D eigenvalue weighted by molar-refractivity contribution is 9.10. The van der Waals surface area contributed by atoms with Gasteiger partial charge in [0.15, 0.2) is 0 Å². The van der Waals surface area contributed by atoms with Crippen LogP contribution in [0, 0.1) is 11.3 Å². The minimum Gasteiger partial charge on any atom is -0.257 e. The highest BCUT2D eigenvalue weighted by Gasteiger charge is 1.99. The summed E-state index contributed by atoms with van der Waals surface area (Å²) < 4.78 is 2.66. The van der Waals surface area contributed by atoms with E-state index in [2.05, 4.69) is 21.0 Å². The lowest BCUT2D eigenvalue weighted by molar-refractivity contribution is 0.719. The zero-order chi connectivity index (χ0) is 9.26. The minimum atomic E-state index is 0.298. The molecule has 0 saturated heterocycles. The van der Waals surface area contributed by atoms with E-state index < -0.39 is 0 Å². The average molecular weight is 236 g/mol. The van der Waals surface area contributed by atoms with Crippen molar-refractivity contribution < 1.29 is 0 Å². The molecule has 0 amide bonds. The number of benzene rings is 1. The molecular formula is C9H6BrN3. The number of fused-ring (bicyclic) bond motifs is 1. The van der Waals surface area contributed by atoms with Crippen LogP contribution in [0.1, 0.15) is 0 Å². The summed E-state index contributed by atoms with van der Waals surface area (Å²) >= 11 is 3.38. The van der Waals surface area contributed by atoms with E-state index in [4.69, 9.17) is 5.26 Å². The van der Waals surface area contributed by atoms with Crippen molar-refractivity contribution in [1.29, 1.82) is 5.26 Å². The summed E-state index contributed by atoms with van der Waals surface area (Å²) in [5.41, 5.74) is 0.915. The Morgan fingerprint density at radius 2 is 2.38 bits per heavy atom. The Hall–Kier alpha value is -1.34. The smallest absolute Gasteiger partial charge is 0.128 e. The second kappa shape index (κ2) is 3.19.